The zero-order chi connectivity index (χ0) is 15.6. The fourth-order valence-corrected chi connectivity index (χ4v) is 1.91. The maximum Gasteiger partial charge on any atom is 0.433 e. The second-order valence-corrected chi connectivity index (χ2v) is 4.43. The maximum atomic E-state index is 10.4. The minimum absolute atomic E-state index is 0.0415. The third kappa shape index (κ3) is 3.25. The smallest absolute Gasteiger partial charge is 0.400 e. The van der Waals surface area contributed by atoms with Gasteiger partial charge in [-0.25, -0.2) is 0 Å². The van der Waals surface area contributed by atoms with Crippen LogP contribution in [-0.2, 0) is 4.74 Å². The highest BCUT2D eigenvalue weighted by Crippen LogP contribution is 2.22. The van der Waals surface area contributed by atoms with Gasteiger partial charge in [0.15, 0.2) is 12.1 Å². The number of aliphatic imine (C=N–C) groups is 1. The molecule has 0 aromatic carbocycles. The Morgan fingerprint density at radius 2 is 2.05 bits per heavy atom. The Labute approximate surface area is 118 Å². The molecule has 5 atom stereocenters. The first-order valence-electron chi connectivity index (χ1n) is 6.02. The van der Waals surface area contributed by atoms with Gasteiger partial charge in [-0.1, -0.05) is 0 Å². The van der Waals surface area contributed by atoms with E-state index < -0.39 is 48.1 Å². The van der Waals surface area contributed by atoms with E-state index in [4.69, 9.17) is 14.3 Å². The standard InChI is InChI=1S/C11H14N2O8/c14-4-6-9(15)10(16)8(11(17)21-6)12-3-5-1-2-7(20-5)13(18)19/h1-3,6,8-11,14-17H,4H2/t6-,8+,9-,10-,11+/m1/s1. The average molecular weight is 302 g/mol. The van der Waals surface area contributed by atoms with E-state index in [0.29, 0.717) is 0 Å². The van der Waals surface area contributed by atoms with Gasteiger partial charge >= 0.3 is 5.88 Å². The van der Waals surface area contributed by atoms with E-state index in [1.165, 1.54) is 6.07 Å². The molecule has 1 aromatic rings. The molecule has 2 heterocycles. The number of nitrogens with zero attached hydrogens (tertiary/aromatic N) is 2. The summed E-state index contributed by atoms with van der Waals surface area (Å²) in [5.74, 6) is -0.433. The second-order valence-electron chi connectivity index (χ2n) is 4.43. The Morgan fingerprint density at radius 1 is 1.33 bits per heavy atom. The van der Waals surface area contributed by atoms with Crippen molar-refractivity contribution in [1.82, 2.24) is 0 Å². The van der Waals surface area contributed by atoms with Gasteiger partial charge in [-0.15, -0.1) is 0 Å². The average Bonchev–Trinajstić information content (AvgIpc) is 2.91. The molecule has 0 bridgehead atoms. The molecule has 21 heavy (non-hydrogen) atoms. The Kier molecular flexibility index (Phi) is 4.65. The topological polar surface area (TPSA) is 159 Å². The Hall–Kier alpha value is -1.85. The lowest BCUT2D eigenvalue weighted by Gasteiger charge is -2.38. The van der Waals surface area contributed by atoms with Crippen LogP contribution >= 0.6 is 0 Å². The molecule has 1 saturated heterocycles. The number of hydrogen-bond donors (Lipinski definition) is 4. The molecule has 0 spiro atoms. The van der Waals surface area contributed by atoms with Gasteiger partial charge in [0.2, 0.25) is 0 Å². The summed E-state index contributed by atoms with van der Waals surface area (Å²) in [5.41, 5.74) is 0. The highest BCUT2D eigenvalue weighted by molar-refractivity contribution is 5.76. The zero-order valence-corrected chi connectivity index (χ0v) is 10.6. The van der Waals surface area contributed by atoms with E-state index in [0.717, 1.165) is 12.3 Å². The Balaban J connectivity index is 2.10. The van der Waals surface area contributed by atoms with Gasteiger partial charge in [-0.3, -0.25) is 15.1 Å². The fraction of sp³-hybridized carbons (Fsp3) is 0.545. The minimum Gasteiger partial charge on any atom is -0.400 e. The molecule has 2 rings (SSSR count). The molecule has 1 aliphatic rings. The fourth-order valence-electron chi connectivity index (χ4n) is 1.91. The van der Waals surface area contributed by atoms with Gasteiger partial charge in [0.05, 0.1) is 18.9 Å². The molecular weight excluding hydrogens is 288 g/mol. The molecule has 1 aliphatic heterocycles. The first-order valence-corrected chi connectivity index (χ1v) is 6.02. The molecular formula is C11H14N2O8. The number of aliphatic hydroxyl groups excluding tert-OH is 4. The molecule has 4 N–H and O–H groups in total. The van der Waals surface area contributed by atoms with Crippen molar-refractivity contribution in [1.29, 1.82) is 0 Å². The van der Waals surface area contributed by atoms with Crippen LogP contribution in [0.3, 0.4) is 0 Å². The quantitative estimate of drug-likeness (QED) is 0.294. The maximum absolute atomic E-state index is 10.4. The number of hydrogen-bond acceptors (Lipinski definition) is 9. The number of rotatable bonds is 4. The van der Waals surface area contributed by atoms with Crippen molar-refractivity contribution in [2.45, 2.75) is 30.6 Å². The Bertz CT molecular complexity index is 530. The zero-order valence-electron chi connectivity index (χ0n) is 10.6. The molecule has 1 fully saturated rings. The van der Waals surface area contributed by atoms with E-state index >= 15 is 0 Å². The number of aliphatic hydroxyl groups is 4. The highest BCUT2D eigenvalue weighted by Gasteiger charge is 2.43. The molecule has 10 nitrogen and oxygen atoms in total. The van der Waals surface area contributed by atoms with Crippen LogP contribution < -0.4 is 0 Å². The van der Waals surface area contributed by atoms with Crippen LogP contribution in [0.5, 0.6) is 0 Å². The van der Waals surface area contributed by atoms with Gasteiger partial charge in [-0.05, 0) is 6.07 Å². The molecule has 0 amide bonds. The van der Waals surface area contributed by atoms with Crippen molar-refractivity contribution >= 4 is 12.1 Å². The monoisotopic (exact) mass is 302 g/mol. The molecule has 1 aromatic heterocycles. The lowest BCUT2D eigenvalue weighted by molar-refractivity contribution is -0.402. The van der Waals surface area contributed by atoms with Crippen LogP contribution in [0.1, 0.15) is 5.76 Å². The van der Waals surface area contributed by atoms with Crippen molar-refractivity contribution in [3.05, 3.63) is 28.0 Å². The summed E-state index contributed by atoms with van der Waals surface area (Å²) in [4.78, 5) is 13.5. The first-order chi connectivity index (χ1) is 9.93. The molecule has 0 radical (unpaired) electrons. The summed E-state index contributed by atoms with van der Waals surface area (Å²) in [6.45, 7) is -0.573. The van der Waals surface area contributed by atoms with Crippen LogP contribution in [0.25, 0.3) is 0 Å². The van der Waals surface area contributed by atoms with Crippen molar-refractivity contribution in [2.24, 2.45) is 4.99 Å². The summed E-state index contributed by atoms with van der Waals surface area (Å²) < 4.78 is 9.73. The molecule has 0 saturated carbocycles. The Morgan fingerprint density at radius 3 is 2.62 bits per heavy atom. The summed E-state index contributed by atoms with van der Waals surface area (Å²) in [5, 5.41) is 48.5. The van der Waals surface area contributed by atoms with Gasteiger partial charge in [0, 0.05) is 0 Å². The predicted octanol–water partition coefficient (Wildman–Crippen LogP) is -1.59. The molecule has 116 valence electrons. The van der Waals surface area contributed by atoms with Crippen molar-refractivity contribution in [3.63, 3.8) is 0 Å². The summed E-state index contributed by atoms with van der Waals surface area (Å²) >= 11 is 0. The molecule has 0 aliphatic carbocycles. The predicted molar refractivity (Wildman–Crippen MR) is 66.7 cm³/mol. The molecule has 10 heteroatoms. The van der Waals surface area contributed by atoms with Crippen molar-refractivity contribution in [2.75, 3.05) is 6.61 Å². The summed E-state index contributed by atoms with van der Waals surface area (Å²) in [7, 11) is 0. The third-order valence-electron chi connectivity index (χ3n) is 3.03. The number of ether oxygens (including phenoxy) is 1. The van der Waals surface area contributed by atoms with E-state index in [-0.39, 0.29) is 5.76 Å². The third-order valence-corrected chi connectivity index (χ3v) is 3.03. The largest absolute Gasteiger partial charge is 0.433 e. The van der Waals surface area contributed by atoms with Gasteiger partial charge in [0.1, 0.15) is 29.3 Å². The summed E-state index contributed by atoms with van der Waals surface area (Å²) in [6.07, 6.45) is -4.48. The van der Waals surface area contributed by atoms with Crippen LogP contribution in [-0.4, -0.2) is 68.8 Å². The van der Waals surface area contributed by atoms with Crippen molar-refractivity contribution < 1.29 is 34.5 Å². The second kappa shape index (κ2) is 6.28. The summed E-state index contributed by atoms with van der Waals surface area (Å²) in [6, 6.07) is 1.20. The van der Waals surface area contributed by atoms with E-state index in [9.17, 15) is 25.4 Å². The van der Waals surface area contributed by atoms with Crippen LogP contribution in [0, 0.1) is 10.1 Å². The normalized spacial score (nSPS) is 33.4. The van der Waals surface area contributed by atoms with Crippen LogP contribution in [0.4, 0.5) is 5.88 Å². The van der Waals surface area contributed by atoms with Gasteiger partial charge < -0.3 is 29.6 Å². The van der Waals surface area contributed by atoms with Gasteiger partial charge in [-0.2, -0.15) is 0 Å². The van der Waals surface area contributed by atoms with E-state index in [1.54, 1.807) is 0 Å². The molecule has 0 unspecified atom stereocenters. The lowest BCUT2D eigenvalue weighted by Crippen LogP contribution is -2.57. The van der Waals surface area contributed by atoms with E-state index in [1.807, 2.05) is 0 Å². The number of furan rings is 1. The SMILES string of the molecule is O=[N+]([O-])c1ccc(C=N[C@H]2[C@@H](O)[C@H](O)[C@@H](CO)O[C@@H]2O)o1. The lowest BCUT2D eigenvalue weighted by atomic mass is 9.97. The van der Waals surface area contributed by atoms with Crippen molar-refractivity contribution in [3.8, 4) is 0 Å². The van der Waals surface area contributed by atoms with Gasteiger partial charge in [0.25, 0.3) is 0 Å². The van der Waals surface area contributed by atoms with Crippen LogP contribution in [0.2, 0.25) is 0 Å². The minimum atomic E-state index is -1.54. The van der Waals surface area contributed by atoms with E-state index in [2.05, 4.69) is 4.99 Å². The van der Waals surface area contributed by atoms with Crippen LogP contribution in [0.15, 0.2) is 21.5 Å². The number of nitro groups is 1. The first kappa shape index (κ1) is 15.5. The highest BCUT2D eigenvalue weighted by atomic mass is 16.6.